The Hall–Kier alpha value is -0.180. The maximum atomic E-state index is 11.5. The molecular weight excluding hydrogens is 436 g/mol. The van der Waals surface area contributed by atoms with Gasteiger partial charge in [0.2, 0.25) is 0 Å². The molecule has 2 saturated heterocycles. The van der Waals surface area contributed by atoms with Crippen LogP contribution in [-0.2, 0) is 18.3 Å². The van der Waals surface area contributed by atoms with Crippen molar-refractivity contribution in [2.75, 3.05) is 12.3 Å². The first-order chi connectivity index (χ1) is 10.9. The first-order valence-corrected chi connectivity index (χ1v) is 8.79. The number of hydrogen-bond donors (Lipinski definition) is 3. The van der Waals surface area contributed by atoms with E-state index in [-0.39, 0.29) is 47.5 Å². The third kappa shape index (κ3) is 3.51. The van der Waals surface area contributed by atoms with Crippen LogP contribution in [0.15, 0.2) is 11.1 Å². The van der Waals surface area contributed by atoms with Gasteiger partial charge in [-0.05, 0) is 15.9 Å². The van der Waals surface area contributed by atoms with Crippen molar-refractivity contribution in [2.45, 2.75) is 24.5 Å². The second-order valence-electron chi connectivity index (χ2n) is 5.07. The molecule has 5 atom stereocenters. The van der Waals surface area contributed by atoms with Gasteiger partial charge in [0.25, 0.3) is 0 Å². The summed E-state index contributed by atoms with van der Waals surface area (Å²) < 4.78 is 28.6. The summed E-state index contributed by atoms with van der Waals surface area (Å²) in [6, 6.07) is 0. The van der Waals surface area contributed by atoms with E-state index >= 15 is 0 Å². The van der Waals surface area contributed by atoms with Crippen LogP contribution in [0.25, 0.3) is 11.2 Å². The molecule has 2 fully saturated rings. The Bertz CT molecular complexity index is 839. The zero-order valence-electron chi connectivity index (χ0n) is 12.8. The molecule has 4 heterocycles. The second kappa shape index (κ2) is 7.44. The Balaban J connectivity index is 0.00000113. The van der Waals surface area contributed by atoms with Crippen LogP contribution in [0.1, 0.15) is 6.23 Å². The van der Waals surface area contributed by atoms with Crippen LogP contribution in [-0.4, -0.2) is 89.5 Å². The van der Waals surface area contributed by atoms with Gasteiger partial charge in [-0.1, -0.05) is 0 Å². The Labute approximate surface area is 171 Å². The average Bonchev–Trinajstić information content (AvgIpc) is 2.97. The predicted molar refractivity (Wildman–Crippen MR) is 87.4 cm³/mol. The number of anilines is 1. The number of nitrogen functional groups attached to an aromatic ring is 1. The van der Waals surface area contributed by atoms with Crippen LogP contribution >= 0.6 is 23.8 Å². The molecule has 25 heavy (non-hydrogen) atoms. The summed E-state index contributed by atoms with van der Waals surface area (Å²) >= 11 is 3.26. The monoisotopic (exact) mass is 448 g/mol. The number of imidazole rings is 1. The van der Waals surface area contributed by atoms with E-state index in [9.17, 15) is 14.6 Å². The van der Waals surface area contributed by atoms with Gasteiger partial charge in [0.15, 0.2) is 27.9 Å². The van der Waals surface area contributed by atoms with Crippen LogP contribution in [0.5, 0.6) is 0 Å². The molecule has 0 aromatic carbocycles. The summed E-state index contributed by atoms with van der Waals surface area (Å²) in [4.78, 5) is 21.5. The first-order valence-electron chi connectivity index (χ1n) is 6.50. The van der Waals surface area contributed by atoms with Gasteiger partial charge < -0.3 is 25.9 Å². The zero-order valence-corrected chi connectivity index (χ0v) is 17.3. The van der Waals surface area contributed by atoms with Crippen LogP contribution in [0.3, 0.4) is 0 Å². The molecule has 1 unspecified atom stereocenters. The average molecular weight is 449 g/mol. The SMILES string of the molecule is Nc1ncnc2c1nc(Br)n2[C@@H]1O[C@@H]2COP(=O)(O)O[C@H]2[C@H]1O.O.[Na]. The van der Waals surface area contributed by atoms with Gasteiger partial charge in [-0.25, -0.2) is 19.5 Å². The van der Waals surface area contributed by atoms with Crippen molar-refractivity contribution >= 4 is 70.3 Å². The molecule has 2 aliphatic heterocycles. The minimum absolute atomic E-state index is 0. The van der Waals surface area contributed by atoms with Crippen molar-refractivity contribution in [2.24, 2.45) is 0 Å². The number of ether oxygens (including phenoxy) is 1. The maximum absolute atomic E-state index is 11.5. The molecule has 2 aliphatic rings. The Morgan fingerprint density at radius 3 is 2.88 bits per heavy atom. The Kier molecular flexibility index (Phi) is 6.29. The number of fused-ring (bicyclic) bond motifs is 2. The summed E-state index contributed by atoms with van der Waals surface area (Å²) in [5.41, 5.74) is 6.45. The van der Waals surface area contributed by atoms with Crippen LogP contribution in [0, 0.1) is 0 Å². The molecule has 133 valence electrons. The number of hydrogen-bond acceptors (Lipinski definition) is 9. The van der Waals surface area contributed by atoms with Gasteiger partial charge in [0.1, 0.15) is 24.6 Å². The van der Waals surface area contributed by atoms with Crippen molar-refractivity contribution in [1.29, 1.82) is 0 Å². The quantitative estimate of drug-likeness (QED) is 0.270. The number of aliphatic hydroxyl groups excluding tert-OH is 1. The number of nitrogens with two attached hydrogens (primary N) is 1. The number of halogens is 1. The van der Waals surface area contributed by atoms with E-state index in [4.69, 9.17) is 19.5 Å². The van der Waals surface area contributed by atoms with E-state index in [1.807, 2.05) is 0 Å². The summed E-state index contributed by atoms with van der Waals surface area (Å²) in [5.74, 6) is 0.179. The maximum Gasteiger partial charge on any atom is 0.472 e. The molecule has 4 rings (SSSR count). The van der Waals surface area contributed by atoms with Crippen molar-refractivity contribution in [3.8, 4) is 0 Å². The molecule has 6 N–H and O–H groups in total. The van der Waals surface area contributed by atoms with E-state index in [0.717, 1.165) is 0 Å². The normalized spacial score (nSPS) is 34.2. The third-order valence-electron chi connectivity index (χ3n) is 3.68. The molecule has 1 radical (unpaired) electrons. The number of aliphatic hydroxyl groups is 1. The Morgan fingerprint density at radius 2 is 2.16 bits per heavy atom. The third-order valence-corrected chi connectivity index (χ3v) is 5.23. The number of phosphoric ester groups is 1. The molecule has 2 aromatic rings. The van der Waals surface area contributed by atoms with E-state index in [2.05, 4.69) is 30.9 Å². The molecule has 15 heteroatoms. The van der Waals surface area contributed by atoms with Crippen LogP contribution in [0.2, 0.25) is 0 Å². The molecule has 0 bridgehead atoms. The number of phosphoric acid groups is 1. The molecule has 0 spiro atoms. The second-order valence-corrected chi connectivity index (χ2v) is 7.19. The molecule has 0 aliphatic carbocycles. The van der Waals surface area contributed by atoms with E-state index < -0.39 is 32.4 Å². The minimum atomic E-state index is -4.19. The summed E-state index contributed by atoms with van der Waals surface area (Å²) in [5, 5.41) is 10.5. The minimum Gasteiger partial charge on any atom is -0.412 e. The van der Waals surface area contributed by atoms with E-state index in [1.54, 1.807) is 0 Å². The summed E-state index contributed by atoms with van der Waals surface area (Å²) in [6.45, 7) is -0.173. The standard InChI is InChI=1S/C10H11BrN5O6P.Na.H2O/c11-10-15-4-7(12)13-2-14-8(4)16(10)9-5(17)6-3(21-9)1-20-23(18,19)22-6;;/h2-3,5-6,9,17H,1H2,(H,18,19)(H2,12,13,14);;1H2/t3-,5-,6-,9-;;/m1../s1. The predicted octanol–water partition coefficient (Wildman–Crippen LogP) is -1.26. The molecular formula is C10H13BrN5NaO7P. The van der Waals surface area contributed by atoms with E-state index in [0.29, 0.717) is 15.9 Å². The van der Waals surface area contributed by atoms with Crippen LogP contribution in [0.4, 0.5) is 5.82 Å². The molecule has 2 aromatic heterocycles. The van der Waals surface area contributed by atoms with Gasteiger partial charge in [-0.3, -0.25) is 13.6 Å². The fraction of sp³-hybridized carbons (Fsp3) is 0.500. The molecule has 0 saturated carbocycles. The number of nitrogens with zero attached hydrogens (tertiary/aromatic N) is 4. The van der Waals surface area contributed by atoms with Crippen molar-refractivity contribution in [3.05, 3.63) is 11.1 Å². The number of aromatic nitrogens is 4. The number of rotatable bonds is 1. The van der Waals surface area contributed by atoms with Gasteiger partial charge in [-0.2, -0.15) is 0 Å². The Morgan fingerprint density at radius 1 is 1.44 bits per heavy atom. The molecule has 12 nitrogen and oxygen atoms in total. The summed E-state index contributed by atoms with van der Waals surface area (Å²) in [6.07, 6.45) is -2.62. The van der Waals surface area contributed by atoms with Crippen molar-refractivity contribution in [1.82, 2.24) is 19.5 Å². The fourth-order valence-corrected chi connectivity index (χ4v) is 4.19. The van der Waals surface area contributed by atoms with Crippen LogP contribution < -0.4 is 5.73 Å². The first kappa shape index (κ1) is 21.1. The smallest absolute Gasteiger partial charge is 0.412 e. The van der Waals surface area contributed by atoms with Gasteiger partial charge >= 0.3 is 7.82 Å². The topological polar surface area (TPSA) is 186 Å². The van der Waals surface area contributed by atoms with Gasteiger partial charge in [-0.15, -0.1) is 0 Å². The zero-order chi connectivity index (χ0) is 16.4. The largest absolute Gasteiger partial charge is 0.472 e. The fourth-order valence-electron chi connectivity index (χ4n) is 2.67. The van der Waals surface area contributed by atoms with Gasteiger partial charge in [0.05, 0.1) is 6.61 Å². The van der Waals surface area contributed by atoms with Crippen molar-refractivity contribution < 1.29 is 33.8 Å². The van der Waals surface area contributed by atoms with Crippen molar-refractivity contribution in [3.63, 3.8) is 0 Å². The van der Waals surface area contributed by atoms with Gasteiger partial charge in [0, 0.05) is 29.6 Å². The molecule has 0 amide bonds. The summed E-state index contributed by atoms with van der Waals surface area (Å²) in [7, 11) is -4.19. The van der Waals surface area contributed by atoms with E-state index in [1.165, 1.54) is 10.9 Å².